The predicted octanol–water partition coefficient (Wildman–Crippen LogP) is 7.08. The Balaban J connectivity index is 1.54. The number of hydrogen-bond donors (Lipinski definition) is 0. The van der Waals surface area contributed by atoms with Gasteiger partial charge in [-0.1, -0.05) is 86.4 Å². The van der Waals surface area contributed by atoms with Gasteiger partial charge in [-0.2, -0.15) is 0 Å². The van der Waals surface area contributed by atoms with E-state index in [4.69, 9.17) is 4.42 Å². The first-order valence-electron chi connectivity index (χ1n) is 14.7. The molecule has 0 spiro atoms. The highest BCUT2D eigenvalue weighted by atomic mass is 16.3. The van der Waals surface area contributed by atoms with Crippen LogP contribution < -0.4 is 5.43 Å². The fourth-order valence-electron chi connectivity index (χ4n) is 5.03. The van der Waals surface area contributed by atoms with Gasteiger partial charge in [-0.05, 0) is 55.2 Å². The molecule has 0 aliphatic carbocycles. The normalized spacial score (nSPS) is 10.9. The van der Waals surface area contributed by atoms with Gasteiger partial charge in [0.2, 0.25) is 5.91 Å². The molecule has 0 saturated heterocycles. The topological polar surface area (TPSA) is 70.8 Å². The Labute approximate surface area is 248 Å². The maximum absolute atomic E-state index is 13.8. The molecule has 3 aromatic carbocycles. The summed E-state index contributed by atoms with van der Waals surface area (Å²) in [7, 11) is 0. The molecule has 1 aromatic heterocycles. The summed E-state index contributed by atoms with van der Waals surface area (Å²) in [5.74, 6) is -0.508. The van der Waals surface area contributed by atoms with Gasteiger partial charge in [0.1, 0.15) is 12.1 Å². The van der Waals surface area contributed by atoms with Crippen LogP contribution >= 0.6 is 0 Å². The minimum atomic E-state index is -0.273. The Kier molecular flexibility index (Phi) is 10.9. The van der Waals surface area contributed by atoms with Crippen LogP contribution in [0.1, 0.15) is 65.2 Å². The number of unbranched alkanes of at least 4 members (excludes halogenated alkanes) is 3. The van der Waals surface area contributed by atoms with Crippen LogP contribution in [0.5, 0.6) is 0 Å². The van der Waals surface area contributed by atoms with Crippen molar-refractivity contribution in [3.05, 3.63) is 130 Å². The van der Waals surface area contributed by atoms with Gasteiger partial charge in [0, 0.05) is 18.7 Å². The summed E-state index contributed by atoms with van der Waals surface area (Å²) in [4.78, 5) is 43.7. The predicted molar refractivity (Wildman–Crippen MR) is 168 cm³/mol. The summed E-state index contributed by atoms with van der Waals surface area (Å²) >= 11 is 0. The molecule has 0 aliphatic heterocycles. The lowest BCUT2D eigenvalue weighted by Crippen LogP contribution is -2.43. The number of hydrogen-bond acceptors (Lipinski definition) is 4. The van der Waals surface area contributed by atoms with Gasteiger partial charge in [0.25, 0.3) is 5.91 Å². The molecule has 4 aromatic rings. The molecular weight excluding hydrogens is 524 g/mol. The molecule has 0 fully saturated rings. The number of carbonyl (C=O) groups is 2. The highest BCUT2D eigenvalue weighted by Gasteiger charge is 2.23. The van der Waals surface area contributed by atoms with E-state index in [1.165, 1.54) is 36.0 Å². The number of rotatable bonds is 14. The quantitative estimate of drug-likeness (QED) is 0.121. The van der Waals surface area contributed by atoms with E-state index in [-0.39, 0.29) is 43.4 Å². The first kappa shape index (κ1) is 30.5. The van der Waals surface area contributed by atoms with Crippen molar-refractivity contribution in [2.24, 2.45) is 0 Å². The number of nitrogens with zero attached hydrogens (tertiary/aromatic N) is 2. The van der Waals surface area contributed by atoms with Crippen molar-refractivity contribution >= 4 is 22.8 Å². The van der Waals surface area contributed by atoms with Crippen LogP contribution in [0, 0.1) is 6.92 Å². The first-order chi connectivity index (χ1) is 20.4. The van der Waals surface area contributed by atoms with E-state index in [0.29, 0.717) is 22.1 Å². The van der Waals surface area contributed by atoms with E-state index in [9.17, 15) is 14.4 Å². The van der Waals surface area contributed by atoms with Crippen molar-refractivity contribution in [2.75, 3.05) is 13.1 Å². The van der Waals surface area contributed by atoms with Gasteiger partial charge in [-0.15, -0.1) is 6.58 Å². The average molecular weight is 565 g/mol. The molecule has 1 heterocycles. The maximum atomic E-state index is 13.8. The van der Waals surface area contributed by atoms with E-state index >= 15 is 0 Å². The lowest BCUT2D eigenvalue weighted by atomic mass is 10.0. The second-order valence-electron chi connectivity index (χ2n) is 10.8. The van der Waals surface area contributed by atoms with Gasteiger partial charge in [-0.3, -0.25) is 14.4 Å². The maximum Gasteiger partial charge on any atom is 0.254 e. The Morgan fingerprint density at radius 2 is 1.64 bits per heavy atom. The molecule has 0 radical (unpaired) electrons. The van der Waals surface area contributed by atoms with Crippen molar-refractivity contribution in [1.82, 2.24) is 9.80 Å². The molecule has 0 bridgehead atoms. The fraction of sp³-hybridized carbons (Fsp3) is 0.306. The summed E-state index contributed by atoms with van der Waals surface area (Å²) in [6.07, 6.45) is 8.80. The van der Waals surface area contributed by atoms with Gasteiger partial charge in [0.05, 0.1) is 23.8 Å². The van der Waals surface area contributed by atoms with Gasteiger partial charge in [-0.25, -0.2) is 0 Å². The monoisotopic (exact) mass is 564 g/mol. The van der Waals surface area contributed by atoms with Crippen LogP contribution in [0.15, 0.2) is 101 Å². The zero-order valence-corrected chi connectivity index (χ0v) is 24.7. The Hall–Kier alpha value is -4.45. The second kappa shape index (κ2) is 15.0. The van der Waals surface area contributed by atoms with E-state index in [1.807, 2.05) is 67.6 Å². The summed E-state index contributed by atoms with van der Waals surface area (Å²) in [6.45, 7) is 8.34. The zero-order valence-electron chi connectivity index (χ0n) is 24.7. The summed E-state index contributed by atoms with van der Waals surface area (Å²) in [6, 6.07) is 22.7. The number of carbonyl (C=O) groups excluding carboxylic acids is 2. The molecule has 2 amide bonds. The SMILES string of the molecule is C=CCN(CC(=O)N(Cc1ccccc1)Cc1coc2ccc(C)cc2c1=O)C(=O)c1ccc(CCCCCC)cc1. The molecule has 6 heteroatoms. The molecule has 4 rings (SSSR count). The molecule has 0 N–H and O–H groups in total. The number of fused-ring (bicyclic) bond motifs is 1. The summed E-state index contributed by atoms with van der Waals surface area (Å²) in [5.41, 5.74) is 4.32. The highest BCUT2D eigenvalue weighted by molar-refractivity contribution is 5.96. The highest BCUT2D eigenvalue weighted by Crippen LogP contribution is 2.17. The third-order valence-corrected chi connectivity index (χ3v) is 7.41. The van der Waals surface area contributed by atoms with Crippen LogP contribution in [-0.4, -0.2) is 34.7 Å². The van der Waals surface area contributed by atoms with Crippen LogP contribution in [0.25, 0.3) is 11.0 Å². The van der Waals surface area contributed by atoms with Crippen molar-refractivity contribution in [2.45, 2.75) is 59.0 Å². The molecule has 0 unspecified atom stereocenters. The zero-order chi connectivity index (χ0) is 29.9. The van der Waals surface area contributed by atoms with Gasteiger partial charge in [0.15, 0.2) is 5.43 Å². The van der Waals surface area contributed by atoms with E-state index in [2.05, 4.69) is 13.5 Å². The van der Waals surface area contributed by atoms with Crippen molar-refractivity contribution in [1.29, 1.82) is 0 Å². The minimum absolute atomic E-state index is 0.0583. The largest absolute Gasteiger partial charge is 0.464 e. The van der Waals surface area contributed by atoms with Crippen LogP contribution in [-0.2, 0) is 24.3 Å². The second-order valence-corrected chi connectivity index (χ2v) is 10.8. The standard InChI is InChI=1S/C36H40N2O4/c1-4-6-7-9-12-28-16-18-30(19-17-28)36(41)37(21-5-2)25-34(39)38(23-29-13-10-8-11-14-29)24-31-26-42-33-20-15-27(3)22-32(33)35(31)40/h5,8,10-11,13-20,22,26H,2,4,6-7,9,12,21,23-25H2,1,3H3. The molecule has 42 heavy (non-hydrogen) atoms. The van der Waals surface area contributed by atoms with Gasteiger partial charge >= 0.3 is 0 Å². The van der Waals surface area contributed by atoms with Crippen molar-refractivity contribution in [3.8, 4) is 0 Å². The third kappa shape index (κ3) is 8.06. The number of amides is 2. The Bertz CT molecular complexity index is 1560. The van der Waals surface area contributed by atoms with Crippen LogP contribution in [0.2, 0.25) is 0 Å². The molecule has 0 atom stereocenters. The molecule has 0 saturated carbocycles. The minimum Gasteiger partial charge on any atom is -0.464 e. The van der Waals surface area contributed by atoms with Crippen molar-refractivity contribution < 1.29 is 14.0 Å². The van der Waals surface area contributed by atoms with E-state index in [0.717, 1.165) is 24.0 Å². The smallest absolute Gasteiger partial charge is 0.254 e. The van der Waals surface area contributed by atoms with Gasteiger partial charge < -0.3 is 14.2 Å². The molecule has 0 aliphatic rings. The van der Waals surface area contributed by atoms with E-state index in [1.54, 1.807) is 23.1 Å². The van der Waals surface area contributed by atoms with Crippen LogP contribution in [0.4, 0.5) is 0 Å². The molecule has 218 valence electrons. The average Bonchev–Trinajstić information content (AvgIpc) is 3.00. The number of benzene rings is 3. The van der Waals surface area contributed by atoms with Crippen molar-refractivity contribution in [3.63, 3.8) is 0 Å². The van der Waals surface area contributed by atoms with E-state index < -0.39 is 0 Å². The first-order valence-corrected chi connectivity index (χ1v) is 14.7. The molecular formula is C36H40N2O4. The summed E-state index contributed by atoms with van der Waals surface area (Å²) < 4.78 is 5.76. The summed E-state index contributed by atoms with van der Waals surface area (Å²) in [5, 5.41) is 0.483. The Morgan fingerprint density at radius 1 is 0.881 bits per heavy atom. The lowest BCUT2D eigenvalue weighted by Gasteiger charge is -2.27. The Morgan fingerprint density at radius 3 is 2.36 bits per heavy atom. The molecule has 6 nitrogen and oxygen atoms in total. The third-order valence-electron chi connectivity index (χ3n) is 7.41. The number of aryl methyl sites for hydroxylation is 2. The fourth-order valence-corrected chi connectivity index (χ4v) is 5.03. The van der Waals surface area contributed by atoms with Crippen LogP contribution in [0.3, 0.4) is 0 Å². The lowest BCUT2D eigenvalue weighted by molar-refractivity contribution is -0.133.